The molecule has 1 amide bonds. The molecule has 0 saturated carbocycles. The molecule has 8 heteroatoms. The molecule has 0 aliphatic carbocycles. The van der Waals surface area contributed by atoms with Crippen LogP contribution in [0.2, 0.25) is 0 Å². The molecule has 0 bridgehead atoms. The van der Waals surface area contributed by atoms with Crippen molar-refractivity contribution in [3.05, 3.63) is 41.1 Å². The van der Waals surface area contributed by atoms with Crippen LogP contribution < -0.4 is 4.72 Å². The van der Waals surface area contributed by atoms with E-state index >= 15 is 0 Å². The summed E-state index contributed by atoms with van der Waals surface area (Å²) < 4.78 is 29.2. The first-order valence-electron chi connectivity index (χ1n) is 6.98. The summed E-state index contributed by atoms with van der Waals surface area (Å²) in [6.07, 6.45) is 0. The van der Waals surface area contributed by atoms with Gasteiger partial charge in [-0.25, -0.2) is 8.42 Å². The number of carbonyl (C=O) groups is 1. The van der Waals surface area contributed by atoms with Gasteiger partial charge in [0.05, 0.1) is 10.6 Å². The lowest BCUT2D eigenvalue weighted by molar-refractivity contribution is 0.0827. The monoisotopic (exact) mass is 336 g/mol. The second-order valence-electron chi connectivity index (χ2n) is 5.52. The second kappa shape index (κ2) is 6.04. The lowest BCUT2D eigenvalue weighted by Gasteiger charge is -2.12. The van der Waals surface area contributed by atoms with E-state index in [9.17, 15) is 13.2 Å². The van der Waals surface area contributed by atoms with E-state index in [2.05, 4.69) is 9.82 Å². The highest BCUT2D eigenvalue weighted by molar-refractivity contribution is 7.92. The number of carbonyl (C=O) groups excluding carboxylic acids is 1. The highest BCUT2D eigenvalue weighted by Crippen LogP contribution is 2.22. The van der Waals surface area contributed by atoms with E-state index in [1.54, 1.807) is 40.2 Å². The van der Waals surface area contributed by atoms with E-state index < -0.39 is 10.0 Å². The van der Waals surface area contributed by atoms with Crippen molar-refractivity contribution in [2.75, 3.05) is 18.8 Å². The summed E-state index contributed by atoms with van der Waals surface area (Å²) in [5.74, 6) is 0.154. The number of amides is 1. The molecular formula is C15H20N4O3S. The van der Waals surface area contributed by atoms with Crippen molar-refractivity contribution in [1.82, 2.24) is 14.7 Å². The van der Waals surface area contributed by atoms with Crippen LogP contribution in [0.5, 0.6) is 0 Å². The Morgan fingerprint density at radius 1 is 1.26 bits per heavy atom. The molecular weight excluding hydrogens is 316 g/mol. The first-order valence-corrected chi connectivity index (χ1v) is 8.46. The third-order valence-corrected chi connectivity index (χ3v) is 4.89. The number of hydrogen-bond donors (Lipinski definition) is 1. The molecule has 2 aromatic rings. The molecule has 0 atom stereocenters. The molecule has 0 saturated heterocycles. The van der Waals surface area contributed by atoms with Gasteiger partial charge in [0.1, 0.15) is 5.82 Å². The van der Waals surface area contributed by atoms with E-state index in [0.29, 0.717) is 11.4 Å². The molecule has 0 spiro atoms. The molecule has 2 rings (SSSR count). The average Bonchev–Trinajstić information content (AvgIpc) is 2.72. The first-order chi connectivity index (χ1) is 10.6. The molecule has 1 aromatic carbocycles. The van der Waals surface area contributed by atoms with Crippen LogP contribution >= 0.6 is 0 Å². The zero-order valence-corrected chi connectivity index (χ0v) is 14.6. The number of rotatable bonds is 4. The van der Waals surface area contributed by atoms with Crippen molar-refractivity contribution < 1.29 is 13.2 Å². The summed E-state index contributed by atoms with van der Waals surface area (Å²) in [5.41, 5.74) is 1.83. The zero-order valence-electron chi connectivity index (χ0n) is 13.8. The minimum atomic E-state index is -3.81. The maximum atomic E-state index is 12.6. The van der Waals surface area contributed by atoms with Gasteiger partial charge >= 0.3 is 0 Å². The van der Waals surface area contributed by atoms with Crippen LogP contribution in [0.1, 0.15) is 21.6 Å². The largest absolute Gasteiger partial charge is 0.345 e. The molecule has 0 fully saturated rings. The summed E-state index contributed by atoms with van der Waals surface area (Å²) >= 11 is 0. The molecule has 1 N–H and O–H groups in total. The van der Waals surface area contributed by atoms with Gasteiger partial charge in [-0.05, 0) is 32.0 Å². The Morgan fingerprint density at radius 2 is 1.91 bits per heavy atom. The molecule has 0 aliphatic rings. The number of aryl methyl sites for hydroxylation is 2. The van der Waals surface area contributed by atoms with E-state index in [4.69, 9.17) is 0 Å². The van der Waals surface area contributed by atoms with Crippen molar-refractivity contribution >= 4 is 21.7 Å². The Morgan fingerprint density at radius 3 is 2.43 bits per heavy atom. The van der Waals surface area contributed by atoms with Gasteiger partial charge in [-0.15, -0.1) is 0 Å². The van der Waals surface area contributed by atoms with Gasteiger partial charge in [-0.1, -0.05) is 6.07 Å². The zero-order chi connectivity index (χ0) is 17.4. The molecule has 0 radical (unpaired) electrons. The smallest absolute Gasteiger partial charge is 0.263 e. The highest BCUT2D eigenvalue weighted by Gasteiger charge is 2.20. The number of anilines is 1. The Bertz CT molecular complexity index is 854. The van der Waals surface area contributed by atoms with E-state index in [-0.39, 0.29) is 10.8 Å². The lowest BCUT2D eigenvalue weighted by Crippen LogP contribution is -2.22. The van der Waals surface area contributed by atoms with Gasteiger partial charge in [0, 0.05) is 32.3 Å². The van der Waals surface area contributed by atoms with Crippen molar-refractivity contribution in [1.29, 1.82) is 0 Å². The quantitative estimate of drug-likeness (QED) is 0.918. The van der Waals surface area contributed by atoms with Gasteiger partial charge in [0.15, 0.2) is 0 Å². The van der Waals surface area contributed by atoms with Crippen molar-refractivity contribution in [3.63, 3.8) is 0 Å². The second-order valence-corrected chi connectivity index (χ2v) is 7.20. The van der Waals surface area contributed by atoms with Gasteiger partial charge in [0.2, 0.25) is 0 Å². The van der Waals surface area contributed by atoms with Crippen LogP contribution in [0.15, 0.2) is 29.2 Å². The molecule has 1 aromatic heterocycles. The maximum absolute atomic E-state index is 12.6. The predicted molar refractivity (Wildman–Crippen MR) is 88.0 cm³/mol. The van der Waals surface area contributed by atoms with Gasteiger partial charge in [-0.3, -0.25) is 14.2 Å². The Hall–Kier alpha value is -2.35. The number of hydrogen-bond acceptors (Lipinski definition) is 4. The average molecular weight is 336 g/mol. The number of sulfonamides is 1. The molecule has 0 aliphatic heterocycles. The molecule has 23 heavy (non-hydrogen) atoms. The standard InChI is InChI=1S/C15H20N4O3S/c1-10-11(2)16-19(5)14(10)17-23(21,22)13-8-6-7-12(9-13)15(20)18(3)4/h6-9,17H,1-5H3. The Labute approximate surface area is 136 Å². The van der Waals surface area contributed by atoms with E-state index in [0.717, 1.165) is 11.3 Å². The highest BCUT2D eigenvalue weighted by atomic mass is 32.2. The summed E-state index contributed by atoms with van der Waals surface area (Å²) in [4.78, 5) is 13.4. The van der Waals surface area contributed by atoms with E-state index in [1.165, 1.54) is 21.7 Å². The molecule has 1 heterocycles. The van der Waals surface area contributed by atoms with Crippen molar-refractivity contribution in [2.45, 2.75) is 18.7 Å². The number of nitrogens with one attached hydrogen (secondary N) is 1. The van der Waals surface area contributed by atoms with Gasteiger partial charge < -0.3 is 4.90 Å². The topological polar surface area (TPSA) is 84.3 Å². The van der Waals surface area contributed by atoms with Crippen LogP contribution in [-0.4, -0.2) is 43.1 Å². The van der Waals surface area contributed by atoms with Crippen molar-refractivity contribution in [3.8, 4) is 0 Å². The minimum Gasteiger partial charge on any atom is -0.345 e. The summed E-state index contributed by atoms with van der Waals surface area (Å²) in [7, 11) is 1.09. The molecule has 0 unspecified atom stereocenters. The fourth-order valence-electron chi connectivity index (χ4n) is 2.15. The van der Waals surface area contributed by atoms with Crippen LogP contribution in [0.3, 0.4) is 0 Å². The lowest BCUT2D eigenvalue weighted by atomic mass is 10.2. The normalized spacial score (nSPS) is 11.3. The maximum Gasteiger partial charge on any atom is 0.263 e. The summed E-state index contributed by atoms with van der Waals surface area (Å²) in [5, 5.41) is 4.19. The minimum absolute atomic E-state index is 0.0310. The van der Waals surface area contributed by atoms with Crippen LogP contribution in [0.25, 0.3) is 0 Å². The van der Waals surface area contributed by atoms with Crippen molar-refractivity contribution in [2.24, 2.45) is 7.05 Å². The van der Waals surface area contributed by atoms with Crippen LogP contribution in [0, 0.1) is 13.8 Å². The number of nitrogens with zero attached hydrogens (tertiary/aromatic N) is 3. The number of benzene rings is 1. The SMILES string of the molecule is Cc1nn(C)c(NS(=O)(=O)c2cccc(C(=O)N(C)C)c2)c1C. The fourth-order valence-corrected chi connectivity index (χ4v) is 3.34. The van der Waals surface area contributed by atoms with E-state index in [1.807, 2.05) is 6.92 Å². The first kappa shape index (κ1) is 17.0. The van der Waals surface area contributed by atoms with Gasteiger partial charge in [-0.2, -0.15) is 5.10 Å². The summed E-state index contributed by atoms with van der Waals surface area (Å²) in [6, 6.07) is 5.95. The molecule has 7 nitrogen and oxygen atoms in total. The predicted octanol–water partition coefficient (Wildman–Crippen LogP) is 1.54. The Balaban J connectivity index is 2.41. The van der Waals surface area contributed by atoms with Gasteiger partial charge in [0.25, 0.3) is 15.9 Å². The third kappa shape index (κ3) is 3.37. The fraction of sp³-hybridized carbons (Fsp3) is 0.333. The number of aromatic nitrogens is 2. The van der Waals surface area contributed by atoms with Crippen LogP contribution in [-0.2, 0) is 17.1 Å². The molecule has 124 valence electrons. The Kier molecular flexibility index (Phi) is 4.46. The third-order valence-electron chi connectivity index (χ3n) is 3.55. The summed E-state index contributed by atoms with van der Waals surface area (Å²) in [6.45, 7) is 3.61. The van der Waals surface area contributed by atoms with Crippen LogP contribution in [0.4, 0.5) is 5.82 Å².